The van der Waals surface area contributed by atoms with E-state index in [0.717, 1.165) is 0 Å². The lowest BCUT2D eigenvalue weighted by Crippen LogP contribution is -1.99. The molecule has 2 rings (SSSR count). The van der Waals surface area contributed by atoms with E-state index in [1.54, 1.807) is 0 Å². The van der Waals surface area contributed by atoms with Gasteiger partial charge in [0.2, 0.25) is 0 Å². The van der Waals surface area contributed by atoms with Crippen LogP contribution in [-0.2, 0) is 6.42 Å². The molecule has 0 fully saturated rings. The van der Waals surface area contributed by atoms with E-state index in [1.807, 2.05) is 12.4 Å². The minimum atomic E-state index is 0.621. The number of imidazole rings is 1. The summed E-state index contributed by atoms with van der Waals surface area (Å²) >= 11 is 0. The third-order valence-electron chi connectivity index (χ3n) is 4.76. The molecule has 0 radical (unpaired) electrons. The fourth-order valence-electron chi connectivity index (χ4n) is 3.28. The van der Waals surface area contributed by atoms with Gasteiger partial charge in [0, 0.05) is 18.3 Å². The van der Waals surface area contributed by atoms with Crippen molar-refractivity contribution in [3.63, 3.8) is 0 Å². The molecule has 1 heterocycles. The van der Waals surface area contributed by atoms with E-state index in [4.69, 9.17) is 0 Å². The maximum absolute atomic E-state index is 4.41. The second kappa shape index (κ2) is 11.0. The number of nitrogens with zero attached hydrogens (tertiary/aromatic N) is 1. The van der Waals surface area contributed by atoms with Gasteiger partial charge in [-0.2, -0.15) is 0 Å². The van der Waals surface area contributed by atoms with Crippen LogP contribution in [0.4, 0.5) is 0 Å². The van der Waals surface area contributed by atoms with Crippen molar-refractivity contribution >= 4 is 0 Å². The number of hydrogen-bond acceptors (Lipinski definition) is 1. The van der Waals surface area contributed by atoms with Crippen LogP contribution in [0.15, 0.2) is 42.7 Å². The Balaban J connectivity index is 1.43. The van der Waals surface area contributed by atoms with Crippen molar-refractivity contribution < 1.29 is 0 Å². The summed E-state index contributed by atoms with van der Waals surface area (Å²) in [7, 11) is 0. The molecule has 1 aromatic heterocycles. The normalized spacial score (nSPS) is 12.4. The quantitative estimate of drug-likeness (QED) is 0.460. The maximum atomic E-state index is 4.41. The SMILES string of the molecule is CCC(CCCCCCCCCc1ccccc1)c1ncc[nH]1. The Kier molecular flexibility index (Phi) is 8.53. The summed E-state index contributed by atoms with van der Waals surface area (Å²) in [6.45, 7) is 2.26. The Morgan fingerprint density at radius 2 is 1.61 bits per heavy atom. The molecule has 0 spiro atoms. The fraction of sp³-hybridized carbons (Fsp3) is 0.571. The van der Waals surface area contributed by atoms with Gasteiger partial charge in [0.25, 0.3) is 0 Å². The van der Waals surface area contributed by atoms with Crippen molar-refractivity contribution in [1.82, 2.24) is 9.97 Å². The predicted octanol–water partition coefficient (Wildman–Crippen LogP) is 6.27. The first-order chi connectivity index (χ1) is 11.4. The molecule has 1 atom stereocenters. The number of hydrogen-bond donors (Lipinski definition) is 1. The third kappa shape index (κ3) is 7.02. The van der Waals surface area contributed by atoms with Crippen molar-refractivity contribution in [1.29, 1.82) is 0 Å². The van der Waals surface area contributed by atoms with Crippen LogP contribution in [0.25, 0.3) is 0 Å². The highest BCUT2D eigenvalue weighted by atomic mass is 14.9. The Morgan fingerprint density at radius 1 is 0.913 bits per heavy atom. The Hall–Kier alpha value is -1.57. The van der Waals surface area contributed by atoms with E-state index < -0.39 is 0 Å². The number of rotatable bonds is 12. The molecule has 1 unspecified atom stereocenters. The van der Waals surface area contributed by atoms with Gasteiger partial charge in [-0.15, -0.1) is 0 Å². The largest absolute Gasteiger partial charge is 0.348 e. The molecule has 0 saturated heterocycles. The summed E-state index contributed by atoms with van der Waals surface area (Å²) < 4.78 is 0. The minimum absolute atomic E-state index is 0.621. The van der Waals surface area contributed by atoms with Gasteiger partial charge in [-0.25, -0.2) is 4.98 Å². The molecule has 0 bridgehead atoms. The van der Waals surface area contributed by atoms with Crippen molar-refractivity contribution in [2.75, 3.05) is 0 Å². The summed E-state index contributed by atoms with van der Waals surface area (Å²) in [5, 5.41) is 0. The summed E-state index contributed by atoms with van der Waals surface area (Å²) in [5.41, 5.74) is 1.48. The van der Waals surface area contributed by atoms with Gasteiger partial charge in [-0.05, 0) is 31.2 Å². The van der Waals surface area contributed by atoms with Gasteiger partial charge in [-0.1, -0.05) is 75.8 Å². The molecule has 2 nitrogen and oxygen atoms in total. The van der Waals surface area contributed by atoms with Crippen LogP contribution in [0.1, 0.15) is 82.0 Å². The molecule has 23 heavy (non-hydrogen) atoms. The number of H-pyrrole nitrogens is 1. The van der Waals surface area contributed by atoms with E-state index >= 15 is 0 Å². The van der Waals surface area contributed by atoms with Gasteiger partial charge in [0.1, 0.15) is 5.82 Å². The topological polar surface area (TPSA) is 28.7 Å². The molecule has 2 aromatic rings. The molecule has 126 valence electrons. The molecular weight excluding hydrogens is 280 g/mol. The van der Waals surface area contributed by atoms with Gasteiger partial charge >= 0.3 is 0 Å². The van der Waals surface area contributed by atoms with Gasteiger partial charge in [0.05, 0.1) is 0 Å². The molecule has 1 N–H and O–H groups in total. The zero-order valence-electron chi connectivity index (χ0n) is 14.6. The van der Waals surface area contributed by atoms with E-state index in [2.05, 4.69) is 47.2 Å². The second-order valence-corrected chi connectivity index (χ2v) is 6.58. The highest BCUT2D eigenvalue weighted by molar-refractivity contribution is 5.14. The van der Waals surface area contributed by atoms with Crippen molar-refractivity contribution in [2.45, 2.75) is 77.0 Å². The number of unbranched alkanes of at least 4 members (excludes halogenated alkanes) is 6. The number of aryl methyl sites for hydroxylation is 1. The first kappa shape index (κ1) is 17.8. The van der Waals surface area contributed by atoms with Crippen molar-refractivity contribution in [3.8, 4) is 0 Å². The molecule has 0 saturated carbocycles. The smallest absolute Gasteiger partial charge is 0.109 e. The maximum Gasteiger partial charge on any atom is 0.109 e. The highest BCUT2D eigenvalue weighted by Crippen LogP contribution is 2.23. The van der Waals surface area contributed by atoms with E-state index in [9.17, 15) is 0 Å². The van der Waals surface area contributed by atoms with Crippen molar-refractivity contribution in [3.05, 3.63) is 54.1 Å². The number of aromatic nitrogens is 2. The summed E-state index contributed by atoms with van der Waals surface area (Å²) in [5.74, 6) is 1.80. The zero-order chi connectivity index (χ0) is 16.2. The van der Waals surface area contributed by atoms with Crippen LogP contribution in [-0.4, -0.2) is 9.97 Å². The van der Waals surface area contributed by atoms with Crippen molar-refractivity contribution in [2.24, 2.45) is 0 Å². The molecule has 0 aliphatic rings. The number of nitrogens with one attached hydrogen (secondary N) is 1. The summed E-state index contributed by atoms with van der Waals surface area (Å²) in [6, 6.07) is 10.9. The van der Waals surface area contributed by atoms with Gasteiger partial charge < -0.3 is 4.98 Å². The first-order valence-corrected chi connectivity index (χ1v) is 9.43. The lowest BCUT2D eigenvalue weighted by atomic mass is 9.97. The minimum Gasteiger partial charge on any atom is -0.348 e. The Bertz CT molecular complexity index is 490. The average molecular weight is 313 g/mol. The predicted molar refractivity (Wildman–Crippen MR) is 98.7 cm³/mol. The van der Waals surface area contributed by atoms with Crippen LogP contribution >= 0.6 is 0 Å². The third-order valence-corrected chi connectivity index (χ3v) is 4.76. The lowest BCUT2D eigenvalue weighted by molar-refractivity contribution is 0.511. The standard InChI is InChI=1S/C21H32N2/c1-2-20(21-22-17-18-23-21)16-12-7-5-3-4-6-9-13-19-14-10-8-11-15-19/h8,10-11,14-15,17-18,20H,2-7,9,12-13,16H2,1H3,(H,22,23). The molecule has 0 aliphatic carbocycles. The van der Waals surface area contributed by atoms with Crippen LogP contribution in [0, 0.1) is 0 Å². The van der Waals surface area contributed by atoms with Crippen LogP contribution < -0.4 is 0 Å². The zero-order valence-corrected chi connectivity index (χ0v) is 14.6. The highest BCUT2D eigenvalue weighted by Gasteiger charge is 2.10. The molecular formula is C21H32N2. The lowest BCUT2D eigenvalue weighted by Gasteiger charge is -2.11. The number of aromatic amines is 1. The first-order valence-electron chi connectivity index (χ1n) is 9.43. The molecule has 2 heteroatoms. The summed E-state index contributed by atoms with van der Waals surface area (Å²) in [4.78, 5) is 7.67. The van der Waals surface area contributed by atoms with Crippen LogP contribution in [0.3, 0.4) is 0 Å². The summed E-state index contributed by atoms with van der Waals surface area (Å²) in [6.07, 6.45) is 17.1. The number of benzene rings is 1. The Labute approximate surface area is 141 Å². The average Bonchev–Trinajstić information content (AvgIpc) is 3.12. The molecule has 0 aliphatic heterocycles. The second-order valence-electron chi connectivity index (χ2n) is 6.58. The fourth-order valence-corrected chi connectivity index (χ4v) is 3.28. The molecule has 1 aromatic carbocycles. The van der Waals surface area contributed by atoms with Gasteiger partial charge in [-0.3, -0.25) is 0 Å². The van der Waals surface area contributed by atoms with Crippen LogP contribution in [0.2, 0.25) is 0 Å². The van der Waals surface area contributed by atoms with E-state index in [-0.39, 0.29) is 0 Å². The van der Waals surface area contributed by atoms with E-state index in [0.29, 0.717) is 5.92 Å². The molecule has 0 amide bonds. The van der Waals surface area contributed by atoms with E-state index in [1.165, 1.54) is 75.6 Å². The monoisotopic (exact) mass is 312 g/mol. The van der Waals surface area contributed by atoms with Crippen LogP contribution in [0.5, 0.6) is 0 Å². The Morgan fingerprint density at radius 3 is 2.26 bits per heavy atom. The van der Waals surface area contributed by atoms with Gasteiger partial charge in [0.15, 0.2) is 0 Å².